The lowest BCUT2D eigenvalue weighted by Gasteiger charge is -2.13. The smallest absolute Gasteiger partial charge is 0.262 e. The third-order valence-corrected chi connectivity index (χ3v) is 6.11. The normalized spacial score (nSPS) is 14.5. The molecular formula is C21H27N2O3S+. The Hall–Kier alpha value is -2.18. The summed E-state index contributed by atoms with van der Waals surface area (Å²) in [6, 6.07) is 11.1. The van der Waals surface area contributed by atoms with Crippen LogP contribution in [0.4, 0.5) is 5.69 Å². The molecule has 1 aliphatic heterocycles. The number of hydrogen-bond donors (Lipinski definition) is 0. The van der Waals surface area contributed by atoms with Crippen LogP contribution in [0.3, 0.4) is 0 Å². The van der Waals surface area contributed by atoms with E-state index in [1.165, 1.54) is 22.4 Å². The van der Waals surface area contributed by atoms with Gasteiger partial charge in [-0.05, 0) is 51.0 Å². The molecule has 3 rings (SSSR count). The van der Waals surface area contributed by atoms with Crippen molar-refractivity contribution in [2.45, 2.75) is 32.6 Å². The Morgan fingerprint density at radius 3 is 2.26 bits per heavy atom. The highest BCUT2D eigenvalue weighted by Gasteiger charge is 2.25. The van der Waals surface area contributed by atoms with Gasteiger partial charge in [-0.15, -0.1) is 0 Å². The maximum absolute atomic E-state index is 12.3. The highest BCUT2D eigenvalue weighted by molar-refractivity contribution is 7.86. The van der Waals surface area contributed by atoms with Crippen molar-refractivity contribution in [3.63, 3.8) is 0 Å². The molecule has 144 valence electrons. The summed E-state index contributed by atoms with van der Waals surface area (Å²) in [4.78, 5) is 2.43. The summed E-state index contributed by atoms with van der Waals surface area (Å²) in [7, 11) is -3.71. The van der Waals surface area contributed by atoms with Crippen molar-refractivity contribution in [2.75, 3.05) is 31.1 Å². The van der Waals surface area contributed by atoms with Crippen LogP contribution in [-0.2, 0) is 14.3 Å². The molecule has 27 heavy (non-hydrogen) atoms. The lowest BCUT2D eigenvalue weighted by molar-refractivity contribution is -0.515. The average molecular weight is 388 g/mol. The first-order valence-electron chi connectivity index (χ1n) is 9.16. The molecule has 0 spiro atoms. The monoisotopic (exact) mass is 387 g/mol. The van der Waals surface area contributed by atoms with E-state index in [-0.39, 0.29) is 11.5 Å². The van der Waals surface area contributed by atoms with E-state index in [1.54, 1.807) is 24.3 Å². The van der Waals surface area contributed by atoms with Crippen molar-refractivity contribution in [3.05, 3.63) is 58.7 Å². The first-order valence-corrected chi connectivity index (χ1v) is 10.6. The molecule has 1 aliphatic rings. The SMILES string of the molecule is Cc1ccc(S(=O)(=O)OCC[N+]2=CN(c3c(C)cc(C)cc3C)CC2)cc1. The first-order chi connectivity index (χ1) is 12.8. The van der Waals surface area contributed by atoms with Crippen LogP contribution in [-0.4, -0.2) is 45.6 Å². The van der Waals surface area contributed by atoms with Crippen molar-refractivity contribution in [1.82, 2.24) is 0 Å². The maximum atomic E-state index is 12.3. The van der Waals surface area contributed by atoms with E-state index < -0.39 is 10.1 Å². The Labute approximate surface area is 162 Å². The van der Waals surface area contributed by atoms with Crippen LogP contribution in [0.5, 0.6) is 0 Å². The molecular weight excluding hydrogens is 360 g/mol. The molecule has 0 unspecified atom stereocenters. The van der Waals surface area contributed by atoms with Crippen molar-refractivity contribution >= 4 is 22.1 Å². The fraction of sp³-hybridized carbons (Fsp3) is 0.381. The minimum Gasteiger partial charge on any atom is -0.262 e. The van der Waals surface area contributed by atoms with Crippen LogP contribution in [0.15, 0.2) is 41.3 Å². The largest absolute Gasteiger partial charge is 0.297 e. The second kappa shape index (κ2) is 7.82. The van der Waals surface area contributed by atoms with Crippen LogP contribution in [0, 0.1) is 27.7 Å². The van der Waals surface area contributed by atoms with Crippen molar-refractivity contribution in [3.8, 4) is 0 Å². The lowest BCUT2D eigenvalue weighted by Crippen LogP contribution is -2.20. The zero-order valence-corrected chi connectivity index (χ0v) is 17.2. The molecule has 0 radical (unpaired) electrons. The summed E-state index contributed by atoms with van der Waals surface area (Å²) < 4.78 is 31.8. The number of hydrogen-bond acceptors (Lipinski definition) is 4. The van der Waals surface area contributed by atoms with E-state index in [2.05, 4.69) is 48.7 Å². The van der Waals surface area contributed by atoms with Gasteiger partial charge in [-0.2, -0.15) is 8.42 Å². The Kier molecular flexibility index (Phi) is 5.67. The summed E-state index contributed by atoms with van der Waals surface area (Å²) in [6.07, 6.45) is 2.06. The van der Waals surface area contributed by atoms with Gasteiger partial charge in [-0.3, -0.25) is 8.76 Å². The van der Waals surface area contributed by atoms with Crippen LogP contribution in [0.1, 0.15) is 22.3 Å². The Balaban J connectivity index is 1.63. The summed E-state index contributed by atoms with van der Waals surface area (Å²) in [6.45, 7) is 10.7. The molecule has 0 bridgehead atoms. The van der Waals surface area contributed by atoms with Crippen LogP contribution in [0.2, 0.25) is 0 Å². The first kappa shape index (κ1) is 19.6. The summed E-state index contributed by atoms with van der Waals surface area (Å²) in [5.41, 5.74) is 6.02. The topological polar surface area (TPSA) is 49.6 Å². The molecule has 0 saturated carbocycles. The van der Waals surface area contributed by atoms with Gasteiger partial charge < -0.3 is 0 Å². The summed E-state index contributed by atoms with van der Waals surface area (Å²) in [5.74, 6) is 0. The Morgan fingerprint density at radius 1 is 1.00 bits per heavy atom. The lowest BCUT2D eigenvalue weighted by atomic mass is 10.0. The second-order valence-corrected chi connectivity index (χ2v) is 8.80. The molecule has 0 N–H and O–H groups in total. The second-order valence-electron chi connectivity index (χ2n) is 7.18. The van der Waals surface area contributed by atoms with Crippen LogP contribution < -0.4 is 4.90 Å². The molecule has 6 heteroatoms. The van der Waals surface area contributed by atoms with Gasteiger partial charge in [-0.25, -0.2) is 4.90 Å². The molecule has 1 heterocycles. The summed E-state index contributed by atoms with van der Waals surface area (Å²) >= 11 is 0. The Morgan fingerprint density at radius 2 is 1.63 bits per heavy atom. The van der Waals surface area contributed by atoms with Gasteiger partial charge in [0.25, 0.3) is 10.1 Å². The van der Waals surface area contributed by atoms with Gasteiger partial charge in [0.2, 0.25) is 6.34 Å². The predicted octanol–water partition coefficient (Wildman–Crippen LogP) is 3.19. The number of benzene rings is 2. The van der Waals surface area contributed by atoms with E-state index >= 15 is 0 Å². The third-order valence-electron chi connectivity index (χ3n) is 4.78. The van der Waals surface area contributed by atoms with Crippen LogP contribution in [0.25, 0.3) is 0 Å². The molecule has 2 aromatic rings. The maximum Gasteiger partial charge on any atom is 0.297 e. The van der Waals surface area contributed by atoms with Crippen molar-refractivity contribution < 1.29 is 17.2 Å². The van der Waals surface area contributed by atoms with E-state index in [4.69, 9.17) is 4.18 Å². The molecule has 2 aromatic carbocycles. The highest BCUT2D eigenvalue weighted by Crippen LogP contribution is 2.26. The predicted molar refractivity (Wildman–Crippen MR) is 108 cm³/mol. The van der Waals surface area contributed by atoms with Gasteiger partial charge in [-0.1, -0.05) is 35.4 Å². The quantitative estimate of drug-likeness (QED) is 0.564. The zero-order chi connectivity index (χ0) is 19.6. The Bertz CT molecular complexity index is 940. The molecule has 0 saturated heterocycles. The van der Waals surface area contributed by atoms with Crippen LogP contribution >= 0.6 is 0 Å². The zero-order valence-electron chi connectivity index (χ0n) is 16.4. The average Bonchev–Trinajstić information content (AvgIpc) is 3.02. The standard InChI is InChI=1S/C21H27N2O3S/c1-16-5-7-20(8-6-16)27(24,25)26-12-11-22-9-10-23(15-22)21-18(3)13-17(2)14-19(21)4/h5-8,13-15H,9-12H2,1-4H3/q+1. The molecule has 0 aromatic heterocycles. The molecule has 5 nitrogen and oxygen atoms in total. The van der Waals surface area contributed by atoms with Crippen molar-refractivity contribution in [2.24, 2.45) is 0 Å². The molecule has 0 amide bonds. The molecule has 0 fully saturated rings. The summed E-state index contributed by atoms with van der Waals surface area (Å²) in [5, 5.41) is 0. The number of aryl methyl sites for hydroxylation is 4. The van der Waals surface area contributed by atoms with Gasteiger partial charge >= 0.3 is 0 Å². The molecule has 0 atom stereocenters. The fourth-order valence-electron chi connectivity index (χ4n) is 3.55. The van der Waals surface area contributed by atoms with Gasteiger partial charge in [0.1, 0.15) is 31.9 Å². The minimum atomic E-state index is -3.71. The van der Waals surface area contributed by atoms with Gasteiger partial charge in [0.15, 0.2) is 0 Å². The number of rotatable bonds is 6. The number of nitrogens with zero attached hydrogens (tertiary/aromatic N) is 2. The fourth-order valence-corrected chi connectivity index (χ4v) is 4.45. The van der Waals surface area contributed by atoms with Crippen molar-refractivity contribution in [1.29, 1.82) is 0 Å². The minimum absolute atomic E-state index is 0.131. The van der Waals surface area contributed by atoms with Gasteiger partial charge in [0, 0.05) is 0 Å². The van der Waals surface area contributed by atoms with E-state index in [9.17, 15) is 8.42 Å². The van der Waals surface area contributed by atoms with E-state index in [1.807, 2.05) is 6.92 Å². The third kappa shape index (κ3) is 4.57. The van der Waals surface area contributed by atoms with E-state index in [0.717, 1.165) is 18.7 Å². The number of anilines is 1. The van der Waals surface area contributed by atoms with Gasteiger partial charge in [0.05, 0.1) is 4.90 Å². The highest BCUT2D eigenvalue weighted by atomic mass is 32.2. The van der Waals surface area contributed by atoms with E-state index in [0.29, 0.717) is 6.54 Å². The molecule has 0 aliphatic carbocycles.